The number of amidine groups is 1. The Hall–Kier alpha value is -1.84. The van der Waals surface area contributed by atoms with Gasteiger partial charge in [0.05, 0.1) is 11.2 Å². The summed E-state index contributed by atoms with van der Waals surface area (Å²) < 4.78 is 12.2. The largest absolute Gasteiger partial charge is 0.494 e. The summed E-state index contributed by atoms with van der Waals surface area (Å²) in [4.78, 5) is 6.10. The third-order valence-corrected chi connectivity index (χ3v) is 5.25. The van der Waals surface area contributed by atoms with E-state index in [4.69, 9.17) is 14.6 Å². The molecule has 1 aromatic carbocycles. The van der Waals surface area contributed by atoms with E-state index in [0.717, 1.165) is 42.8 Å². The molecule has 126 valence electrons. The molecule has 2 aliphatic heterocycles. The molecule has 0 aliphatic carbocycles. The van der Waals surface area contributed by atoms with Crippen molar-refractivity contribution >= 4 is 24.1 Å². The normalized spacial score (nSPS) is 24.2. The molecule has 2 aliphatic rings. The Morgan fingerprint density at radius 1 is 1.08 bits per heavy atom. The van der Waals surface area contributed by atoms with Crippen LogP contribution in [0.25, 0.3) is 0 Å². The molecule has 0 bridgehead atoms. The summed E-state index contributed by atoms with van der Waals surface area (Å²) in [5, 5.41) is 8.87. The van der Waals surface area contributed by atoms with Crippen LogP contribution >= 0.6 is 0 Å². The minimum Gasteiger partial charge on any atom is -0.399 e. The van der Waals surface area contributed by atoms with Crippen LogP contribution in [-0.2, 0) is 9.31 Å². The van der Waals surface area contributed by atoms with Crippen molar-refractivity contribution in [2.45, 2.75) is 58.2 Å². The van der Waals surface area contributed by atoms with Crippen molar-refractivity contribution in [1.29, 1.82) is 5.26 Å². The van der Waals surface area contributed by atoms with Crippen LogP contribution in [0, 0.1) is 11.5 Å². The Bertz CT molecular complexity index is 660. The lowest BCUT2D eigenvalue weighted by molar-refractivity contribution is 0.00578. The molecule has 2 saturated heterocycles. The standard InChI is InChI=1S/C18H24BN3O2/c1-17(2)18(3,4)24-19(23-17)14-8-10-15(11-9-14)22-12-6-5-7-16(22)21-13-20/h8-11H,5-7,12H2,1-4H3. The second-order valence-corrected chi connectivity index (χ2v) is 7.42. The highest BCUT2D eigenvalue weighted by Gasteiger charge is 2.51. The molecule has 3 rings (SSSR count). The van der Waals surface area contributed by atoms with Gasteiger partial charge in [0.15, 0.2) is 0 Å². The van der Waals surface area contributed by atoms with Gasteiger partial charge < -0.3 is 14.2 Å². The van der Waals surface area contributed by atoms with Gasteiger partial charge in [-0.15, -0.1) is 0 Å². The van der Waals surface area contributed by atoms with E-state index in [9.17, 15) is 0 Å². The maximum Gasteiger partial charge on any atom is 0.494 e. The minimum absolute atomic E-state index is 0.337. The van der Waals surface area contributed by atoms with E-state index in [1.165, 1.54) is 0 Å². The highest BCUT2D eigenvalue weighted by molar-refractivity contribution is 6.62. The number of anilines is 1. The van der Waals surface area contributed by atoms with Crippen LogP contribution in [0.15, 0.2) is 29.3 Å². The van der Waals surface area contributed by atoms with Crippen molar-refractivity contribution < 1.29 is 9.31 Å². The second kappa shape index (κ2) is 6.23. The van der Waals surface area contributed by atoms with Gasteiger partial charge in [-0.1, -0.05) is 12.1 Å². The first kappa shape index (κ1) is 17.0. The highest BCUT2D eigenvalue weighted by atomic mass is 16.7. The summed E-state index contributed by atoms with van der Waals surface area (Å²) in [6.07, 6.45) is 4.97. The van der Waals surface area contributed by atoms with Crippen LogP contribution in [-0.4, -0.2) is 30.7 Å². The molecule has 6 heteroatoms. The summed E-state index contributed by atoms with van der Waals surface area (Å²) in [5.74, 6) is 0.854. The van der Waals surface area contributed by atoms with E-state index in [-0.39, 0.29) is 18.3 Å². The van der Waals surface area contributed by atoms with Crippen LogP contribution < -0.4 is 10.4 Å². The molecule has 2 fully saturated rings. The fourth-order valence-electron chi connectivity index (χ4n) is 3.06. The molecule has 0 unspecified atom stereocenters. The fourth-order valence-corrected chi connectivity index (χ4v) is 3.06. The van der Waals surface area contributed by atoms with E-state index in [0.29, 0.717) is 0 Å². The molecule has 1 aromatic rings. The predicted molar refractivity (Wildman–Crippen MR) is 96.4 cm³/mol. The van der Waals surface area contributed by atoms with Gasteiger partial charge >= 0.3 is 7.12 Å². The topological polar surface area (TPSA) is 57.8 Å². The van der Waals surface area contributed by atoms with Crippen molar-refractivity contribution in [3.63, 3.8) is 0 Å². The summed E-state index contributed by atoms with van der Waals surface area (Å²) in [5.41, 5.74) is 1.39. The highest BCUT2D eigenvalue weighted by Crippen LogP contribution is 2.36. The maximum atomic E-state index is 8.87. The SMILES string of the molecule is CC1(C)OB(c2ccc(N3CCCCC3=NC#N)cc2)OC1(C)C. The van der Waals surface area contributed by atoms with Crippen LogP contribution in [0.4, 0.5) is 5.69 Å². The Labute approximate surface area is 144 Å². The van der Waals surface area contributed by atoms with Crippen molar-refractivity contribution in [2.75, 3.05) is 11.4 Å². The Morgan fingerprint density at radius 2 is 1.71 bits per heavy atom. The molecule has 0 N–H and O–H groups in total. The number of piperidine rings is 1. The van der Waals surface area contributed by atoms with Crippen LogP contribution in [0.2, 0.25) is 0 Å². The molecule has 24 heavy (non-hydrogen) atoms. The Balaban J connectivity index is 1.79. The van der Waals surface area contributed by atoms with Crippen LogP contribution in [0.1, 0.15) is 47.0 Å². The predicted octanol–water partition coefficient (Wildman–Crippen LogP) is 2.86. The smallest absolute Gasteiger partial charge is 0.399 e. The van der Waals surface area contributed by atoms with E-state index in [2.05, 4.69) is 49.7 Å². The van der Waals surface area contributed by atoms with Crippen molar-refractivity contribution in [2.24, 2.45) is 4.99 Å². The van der Waals surface area contributed by atoms with Crippen molar-refractivity contribution in [3.8, 4) is 6.19 Å². The molecular formula is C18H24BN3O2. The van der Waals surface area contributed by atoms with Gasteiger partial charge in [0.25, 0.3) is 0 Å². The summed E-state index contributed by atoms with van der Waals surface area (Å²) in [7, 11) is -0.349. The monoisotopic (exact) mass is 325 g/mol. The van der Waals surface area contributed by atoms with E-state index in [1.54, 1.807) is 0 Å². The van der Waals surface area contributed by atoms with Crippen molar-refractivity contribution in [3.05, 3.63) is 24.3 Å². The molecule has 5 nitrogen and oxygen atoms in total. The molecule has 0 saturated carbocycles. The summed E-state index contributed by atoms with van der Waals surface area (Å²) in [6.45, 7) is 9.12. The number of benzene rings is 1. The zero-order valence-electron chi connectivity index (χ0n) is 14.9. The third-order valence-electron chi connectivity index (χ3n) is 5.25. The van der Waals surface area contributed by atoms with Gasteiger partial charge in [-0.25, -0.2) is 0 Å². The lowest BCUT2D eigenvalue weighted by Gasteiger charge is -2.32. The Morgan fingerprint density at radius 3 is 2.29 bits per heavy atom. The molecule has 0 amide bonds. The molecule has 2 heterocycles. The van der Waals surface area contributed by atoms with Gasteiger partial charge in [-0.3, -0.25) is 0 Å². The number of rotatable bonds is 2. The molecule has 0 radical (unpaired) electrons. The molecule has 0 atom stereocenters. The lowest BCUT2D eigenvalue weighted by atomic mass is 9.79. The quantitative estimate of drug-likeness (QED) is 0.620. The van der Waals surface area contributed by atoms with Gasteiger partial charge in [0, 0.05) is 18.7 Å². The summed E-state index contributed by atoms with van der Waals surface area (Å²) >= 11 is 0. The van der Waals surface area contributed by atoms with Crippen LogP contribution in [0.5, 0.6) is 0 Å². The van der Waals surface area contributed by atoms with E-state index in [1.807, 2.05) is 18.3 Å². The first-order valence-corrected chi connectivity index (χ1v) is 8.53. The third kappa shape index (κ3) is 3.06. The maximum absolute atomic E-state index is 8.87. The van der Waals surface area contributed by atoms with Crippen molar-refractivity contribution in [1.82, 2.24) is 0 Å². The molecular weight excluding hydrogens is 301 g/mol. The van der Waals surface area contributed by atoms with E-state index < -0.39 is 0 Å². The first-order chi connectivity index (χ1) is 11.3. The number of nitrogens with zero attached hydrogens (tertiary/aromatic N) is 3. The lowest BCUT2D eigenvalue weighted by Crippen LogP contribution is -2.41. The van der Waals surface area contributed by atoms with Crippen LogP contribution in [0.3, 0.4) is 0 Å². The van der Waals surface area contributed by atoms with Gasteiger partial charge in [-0.2, -0.15) is 10.3 Å². The van der Waals surface area contributed by atoms with Gasteiger partial charge in [0.2, 0.25) is 6.19 Å². The Kier molecular flexibility index (Phi) is 4.41. The molecule has 0 spiro atoms. The number of hydrogen-bond donors (Lipinski definition) is 0. The average Bonchev–Trinajstić information content (AvgIpc) is 2.77. The first-order valence-electron chi connectivity index (χ1n) is 8.53. The van der Waals surface area contributed by atoms with Gasteiger partial charge in [0.1, 0.15) is 5.84 Å². The fraction of sp³-hybridized carbons (Fsp3) is 0.556. The average molecular weight is 325 g/mol. The molecule has 0 aromatic heterocycles. The number of hydrogen-bond acceptors (Lipinski definition) is 4. The zero-order valence-corrected chi connectivity index (χ0v) is 14.9. The van der Waals surface area contributed by atoms with E-state index >= 15 is 0 Å². The summed E-state index contributed by atoms with van der Waals surface area (Å²) in [6, 6.07) is 8.18. The number of nitriles is 1. The minimum atomic E-state index is -0.349. The van der Waals surface area contributed by atoms with Gasteiger partial charge in [-0.05, 0) is 58.1 Å². The zero-order chi connectivity index (χ0) is 17.4. The second-order valence-electron chi connectivity index (χ2n) is 7.42. The number of aliphatic imine (C=N–C) groups is 1.